The van der Waals surface area contributed by atoms with Crippen LogP contribution in [0.25, 0.3) is 0 Å². The standard InChI is InChI=1S/C15H10F9N3O/c1-2-27-11(28)6-10(15(22,23)24)26-12(27)25-9-5-7(13(16,17)18)3-4-8(9)14(19,20)21/h3-6H,2H2,1H3,(H,25,26). The second kappa shape index (κ2) is 7.02. The molecule has 28 heavy (non-hydrogen) atoms. The van der Waals surface area contributed by atoms with Gasteiger partial charge in [-0.3, -0.25) is 9.36 Å². The van der Waals surface area contributed by atoms with Gasteiger partial charge in [0.25, 0.3) is 5.56 Å². The summed E-state index contributed by atoms with van der Waals surface area (Å²) in [6.07, 6.45) is -15.2. The Kier molecular flexibility index (Phi) is 5.41. The Morgan fingerprint density at radius 1 is 0.929 bits per heavy atom. The number of halogens is 9. The van der Waals surface area contributed by atoms with E-state index in [1.807, 2.05) is 0 Å². The van der Waals surface area contributed by atoms with Crippen molar-refractivity contribution in [2.75, 3.05) is 5.32 Å². The van der Waals surface area contributed by atoms with Crippen molar-refractivity contribution in [3.05, 3.63) is 51.4 Å². The van der Waals surface area contributed by atoms with Crippen molar-refractivity contribution in [3.63, 3.8) is 0 Å². The fourth-order valence-corrected chi connectivity index (χ4v) is 2.24. The van der Waals surface area contributed by atoms with Crippen molar-refractivity contribution in [3.8, 4) is 0 Å². The molecule has 0 unspecified atom stereocenters. The van der Waals surface area contributed by atoms with E-state index in [-0.39, 0.29) is 30.8 Å². The first kappa shape index (κ1) is 21.6. The van der Waals surface area contributed by atoms with E-state index in [1.165, 1.54) is 6.92 Å². The van der Waals surface area contributed by atoms with Crippen LogP contribution in [0.1, 0.15) is 23.7 Å². The number of nitrogens with one attached hydrogen (secondary N) is 1. The first-order valence-corrected chi connectivity index (χ1v) is 7.39. The molecule has 0 aliphatic carbocycles. The molecule has 1 heterocycles. The topological polar surface area (TPSA) is 46.9 Å². The molecular weight excluding hydrogens is 409 g/mol. The number of alkyl halides is 9. The first-order valence-electron chi connectivity index (χ1n) is 7.39. The Morgan fingerprint density at radius 2 is 1.54 bits per heavy atom. The largest absolute Gasteiger partial charge is 0.433 e. The Morgan fingerprint density at radius 3 is 2.00 bits per heavy atom. The van der Waals surface area contributed by atoms with Crippen LogP contribution in [0.3, 0.4) is 0 Å². The van der Waals surface area contributed by atoms with Crippen LogP contribution in [0.2, 0.25) is 0 Å². The van der Waals surface area contributed by atoms with Crippen molar-refractivity contribution >= 4 is 11.6 Å². The molecule has 0 radical (unpaired) electrons. The van der Waals surface area contributed by atoms with Crippen LogP contribution in [0.15, 0.2) is 29.1 Å². The average Bonchev–Trinajstić information content (AvgIpc) is 2.51. The summed E-state index contributed by atoms with van der Waals surface area (Å²) < 4.78 is 117. The third-order valence-corrected chi connectivity index (χ3v) is 3.51. The van der Waals surface area contributed by atoms with E-state index >= 15 is 0 Å². The zero-order valence-corrected chi connectivity index (χ0v) is 13.7. The van der Waals surface area contributed by atoms with Gasteiger partial charge in [0, 0.05) is 12.6 Å². The smallest absolute Gasteiger partial charge is 0.325 e. The molecule has 2 rings (SSSR count). The molecule has 0 saturated carbocycles. The summed E-state index contributed by atoms with van der Waals surface area (Å²) in [7, 11) is 0. The minimum Gasteiger partial charge on any atom is -0.325 e. The maximum atomic E-state index is 13.1. The van der Waals surface area contributed by atoms with Crippen LogP contribution in [-0.4, -0.2) is 9.55 Å². The Bertz CT molecular complexity index is 926. The molecule has 2 aromatic rings. The summed E-state index contributed by atoms with van der Waals surface area (Å²) >= 11 is 0. The number of anilines is 2. The minimum absolute atomic E-state index is 0.0786. The highest BCUT2D eigenvalue weighted by atomic mass is 19.4. The molecule has 0 saturated heterocycles. The Balaban J connectivity index is 2.70. The van der Waals surface area contributed by atoms with Gasteiger partial charge in [-0.05, 0) is 25.1 Å². The Hall–Kier alpha value is -2.73. The van der Waals surface area contributed by atoms with Crippen LogP contribution >= 0.6 is 0 Å². The number of rotatable bonds is 3. The molecule has 0 atom stereocenters. The van der Waals surface area contributed by atoms with Crippen molar-refractivity contribution < 1.29 is 39.5 Å². The van der Waals surface area contributed by atoms with Crippen molar-refractivity contribution in [2.24, 2.45) is 0 Å². The maximum Gasteiger partial charge on any atom is 0.433 e. The molecule has 1 aromatic heterocycles. The van der Waals surface area contributed by atoms with E-state index in [0.29, 0.717) is 4.57 Å². The second-order valence-corrected chi connectivity index (χ2v) is 5.43. The van der Waals surface area contributed by atoms with Gasteiger partial charge in [-0.25, -0.2) is 4.98 Å². The van der Waals surface area contributed by atoms with Gasteiger partial charge in [0.1, 0.15) is 0 Å². The summed E-state index contributed by atoms with van der Waals surface area (Å²) in [6, 6.07) is 0.522. The number of hydrogen-bond acceptors (Lipinski definition) is 3. The van der Waals surface area contributed by atoms with Gasteiger partial charge in [-0.1, -0.05) is 0 Å². The highest BCUT2D eigenvalue weighted by molar-refractivity contribution is 5.61. The molecule has 0 aliphatic heterocycles. The number of benzene rings is 1. The highest BCUT2D eigenvalue weighted by Gasteiger charge is 2.38. The number of aromatic nitrogens is 2. The molecule has 4 nitrogen and oxygen atoms in total. The zero-order valence-electron chi connectivity index (χ0n) is 13.7. The van der Waals surface area contributed by atoms with E-state index in [4.69, 9.17) is 0 Å². The molecule has 0 spiro atoms. The molecule has 1 N–H and O–H groups in total. The van der Waals surface area contributed by atoms with Crippen LogP contribution < -0.4 is 10.9 Å². The van der Waals surface area contributed by atoms with E-state index in [2.05, 4.69) is 4.98 Å². The quantitative estimate of drug-likeness (QED) is 0.708. The second-order valence-electron chi connectivity index (χ2n) is 5.43. The van der Waals surface area contributed by atoms with Gasteiger partial charge in [-0.2, -0.15) is 39.5 Å². The van der Waals surface area contributed by atoms with Crippen molar-refractivity contribution in [2.45, 2.75) is 32.0 Å². The first-order chi connectivity index (χ1) is 12.6. The Labute approximate surface area is 150 Å². The molecular formula is C15H10F9N3O. The van der Waals surface area contributed by atoms with Gasteiger partial charge in [-0.15, -0.1) is 0 Å². The van der Waals surface area contributed by atoms with E-state index < -0.39 is 52.5 Å². The lowest BCUT2D eigenvalue weighted by Gasteiger charge is -2.19. The predicted octanol–water partition coefficient (Wildman–Crippen LogP) is 5.06. The van der Waals surface area contributed by atoms with Crippen LogP contribution in [0, 0.1) is 0 Å². The van der Waals surface area contributed by atoms with E-state index in [1.54, 1.807) is 5.32 Å². The summed E-state index contributed by atoms with van der Waals surface area (Å²) in [5, 5.41) is 1.80. The van der Waals surface area contributed by atoms with Gasteiger partial charge in [0.05, 0.1) is 16.8 Å². The lowest BCUT2D eigenvalue weighted by Crippen LogP contribution is -2.26. The van der Waals surface area contributed by atoms with Crippen molar-refractivity contribution in [1.82, 2.24) is 9.55 Å². The van der Waals surface area contributed by atoms with Gasteiger partial charge in [0.15, 0.2) is 5.69 Å². The number of hydrogen-bond donors (Lipinski definition) is 1. The van der Waals surface area contributed by atoms with Gasteiger partial charge < -0.3 is 5.32 Å². The lowest BCUT2D eigenvalue weighted by atomic mass is 10.1. The fourth-order valence-electron chi connectivity index (χ4n) is 2.24. The van der Waals surface area contributed by atoms with Crippen LogP contribution in [-0.2, 0) is 25.1 Å². The zero-order chi connectivity index (χ0) is 21.5. The monoisotopic (exact) mass is 419 g/mol. The number of nitrogens with zero attached hydrogens (tertiary/aromatic N) is 2. The minimum atomic E-state index is -5.12. The molecule has 0 fully saturated rings. The predicted molar refractivity (Wildman–Crippen MR) is 78.9 cm³/mol. The normalized spacial score (nSPS) is 12.9. The molecule has 13 heteroatoms. The van der Waals surface area contributed by atoms with E-state index in [9.17, 15) is 44.3 Å². The molecule has 0 bridgehead atoms. The summed E-state index contributed by atoms with van der Waals surface area (Å²) in [5.74, 6) is -0.979. The molecule has 1 aromatic carbocycles. The third kappa shape index (κ3) is 4.57. The van der Waals surface area contributed by atoms with Crippen LogP contribution in [0.5, 0.6) is 0 Å². The van der Waals surface area contributed by atoms with E-state index in [0.717, 1.165) is 0 Å². The summed E-state index contributed by atoms with van der Waals surface area (Å²) in [6.45, 7) is 0.991. The summed E-state index contributed by atoms with van der Waals surface area (Å²) in [4.78, 5) is 14.9. The van der Waals surface area contributed by atoms with Gasteiger partial charge >= 0.3 is 18.5 Å². The van der Waals surface area contributed by atoms with Crippen LogP contribution in [0.4, 0.5) is 51.1 Å². The molecule has 154 valence electrons. The van der Waals surface area contributed by atoms with Gasteiger partial charge in [0.2, 0.25) is 5.95 Å². The third-order valence-electron chi connectivity index (χ3n) is 3.51. The maximum absolute atomic E-state index is 13.1. The SMILES string of the molecule is CCn1c(Nc2cc(C(F)(F)F)ccc2C(F)(F)F)nc(C(F)(F)F)cc1=O. The fraction of sp³-hybridized carbons (Fsp3) is 0.333. The molecule has 0 aliphatic rings. The van der Waals surface area contributed by atoms with Crippen molar-refractivity contribution in [1.29, 1.82) is 0 Å². The average molecular weight is 419 g/mol. The molecule has 0 amide bonds. The highest BCUT2D eigenvalue weighted by Crippen LogP contribution is 2.40. The lowest BCUT2D eigenvalue weighted by molar-refractivity contribution is -0.141. The summed E-state index contributed by atoms with van der Waals surface area (Å²) in [5.41, 5.74) is -7.19.